The molecule has 0 aliphatic rings. The van der Waals surface area contributed by atoms with Gasteiger partial charge in [-0.05, 0) is 36.1 Å². The number of carbonyl (C=O) groups excluding carboxylic acids is 1. The summed E-state index contributed by atoms with van der Waals surface area (Å²) in [4.78, 5) is 14.7. The maximum atomic E-state index is 14.7. The number of phenols is 2. The molecular weight excluding hydrogens is 524 g/mol. The van der Waals surface area contributed by atoms with Crippen molar-refractivity contribution >= 4 is 5.78 Å². The van der Waals surface area contributed by atoms with Gasteiger partial charge in [0.1, 0.15) is 23.0 Å². The molecule has 5 nitrogen and oxygen atoms in total. The van der Waals surface area contributed by atoms with E-state index in [1.54, 1.807) is 24.3 Å². The Morgan fingerprint density at radius 2 is 1.00 bits per heavy atom. The second kappa shape index (κ2) is 15.7. The van der Waals surface area contributed by atoms with Gasteiger partial charge in [0.25, 0.3) is 0 Å². The van der Waals surface area contributed by atoms with E-state index in [0.29, 0.717) is 35.8 Å². The maximum absolute atomic E-state index is 14.7. The quantitative estimate of drug-likeness (QED) is 0.133. The Bertz CT molecular complexity index is 1290. The molecule has 0 saturated carbocycles. The zero-order valence-corrected chi connectivity index (χ0v) is 24.7. The highest BCUT2D eigenvalue weighted by atomic mass is 16.5. The number of ether oxygens (including phenoxy) is 2. The lowest BCUT2D eigenvalue weighted by Gasteiger charge is -2.26. The molecule has 4 rings (SSSR count). The number of ketones is 1. The number of unbranched alkanes of at least 4 members (excludes halogenated alkanes) is 4. The third-order valence-electron chi connectivity index (χ3n) is 7.49. The van der Waals surface area contributed by atoms with Crippen LogP contribution >= 0.6 is 0 Å². The summed E-state index contributed by atoms with van der Waals surface area (Å²) < 4.78 is 11.7. The van der Waals surface area contributed by atoms with Crippen LogP contribution in [0.25, 0.3) is 0 Å². The Hall–Kier alpha value is -4.25. The van der Waals surface area contributed by atoms with Gasteiger partial charge < -0.3 is 19.7 Å². The van der Waals surface area contributed by atoms with E-state index in [9.17, 15) is 15.0 Å². The summed E-state index contributed by atoms with van der Waals surface area (Å²) in [7, 11) is 0. The molecule has 4 aromatic rings. The van der Waals surface area contributed by atoms with E-state index >= 15 is 0 Å². The highest BCUT2D eigenvalue weighted by Gasteiger charge is 2.34. The van der Waals surface area contributed by atoms with Gasteiger partial charge in [0.15, 0.2) is 5.78 Å². The molecular formula is C37H42O5. The van der Waals surface area contributed by atoms with E-state index in [1.807, 2.05) is 72.8 Å². The van der Waals surface area contributed by atoms with Crippen LogP contribution in [0.1, 0.15) is 86.5 Å². The topological polar surface area (TPSA) is 76.0 Å². The van der Waals surface area contributed by atoms with Gasteiger partial charge in [0.05, 0.1) is 25.0 Å². The largest absolute Gasteiger partial charge is 0.507 e. The van der Waals surface area contributed by atoms with Crippen LogP contribution in [0.2, 0.25) is 0 Å². The molecule has 0 amide bonds. The van der Waals surface area contributed by atoms with Gasteiger partial charge in [-0.15, -0.1) is 0 Å². The van der Waals surface area contributed by atoms with Crippen molar-refractivity contribution in [2.24, 2.45) is 0 Å². The van der Waals surface area contributed by atoms with Crippen LogP contribution < -0.4 is 9.47 Å². The van der Waals surface area contributed by atoms with Crippen LogP contribution in [0.4, 0.5) is 0 Å². The first-order valence-corrected chi connectivity index (χ1v) is 15.1. The fourth-order valence-electron chi connectivity index (χ4n) is 5.25. The van der Waals surface area contributed by atoms with E-state index < -0.39 is 11.8 Å². The Morgan fingerprint density at radius 1 is 0.595 bits per heavy atom. The van der Waals surface area contributed by atoms with Gasteiger partial charge in [0.2, 0.25) is 0 Å². The molecule has 0 aliphatic heterocycles. The lowest BCUT2D eigenvalue weighted by atomic mass is 9.76. The number of benzene rings is 4. The summed E-state index contributed by atoms with van der Waals surface area (Å²) >= 11 is 0. The van der Waals surface area contributed by atoms with Crippen molar-refractivity contribution in [3.8, 4) is 23.0 Å². The van der Waals surface area contributed by atoms with Crippen molar-refractivity contribution in [3.05, 3.63) is 119 Å². The third kappa shape index (κ3) is 7.94. The molecule has 0 fully saturated rings. The van der Waals surface area contributed by atoms with Crippen LogP contribution in [-0.2, 0) is 4.79 Å². The smallest absolute Gasteiger partial charge is 0.156 e. The van der Waals surface area contributed by atoms with Crippen molar-refractivity contribution < 1.29 is 24.5 Å². The van der Waals surface area contributed by atoms with Gasteiger partial charge in [-0.25, -0.2) is 0 Å². The molecule has 42 heavy (non-hydrogen) atoms. The molecule has 0 spiro atoms. The number of Topliss-reactive ketones (excluding diaryl/α,β-unsaturated/α-hetero) is 1. The molecule has 0 aromatic heterocycles. The van der Waals surface area contributed by atoms with Crippen LogP contribution in [0.15, 0.2) is 97.1 Å². The fraction of sp³-hybridized carbons (Fsp3) is 0.324. The molecule has 220 valence electrons. The summed E-state index contributed by atoms with van der Waals surface area (Å²) in [6.07, 6.45) is 6.23. The van der Waals surface area contributed by atoms with Crippen molar-refractivity contribution in [1.29, 1.82) is 0 Å². The van der Waals surface area contributed by atoms with E-state index in [0.717, 1.165) is 49.7 Å². The van der Waals surface area contributed by atoms with Crippen LogP contribution in [0.3, 0.4) is 0 Å². The highest BCUT2D eigenvalue weighted by Crippen LogP contribution is 2.42. The second-order valence-corrected chi connectivity index (χ2v) is 10.6. The van der Waals surface area contributed by atoms with Gasteiger partial charge in [-0.3, -0.25) is 4.79 Å². The highest BCUT2D eigenvalue weighted by molar-refractivity contribution is 5.98. The molecule has 0 bridgehead atoms. The molecule has 4 aromatic carbocycles. The minimum atomic E-state index is -0.782. The third-order valence-corrected chi connectivity index (χ3v) is 7.49. The molecule has 5 heteroatoms. The van der Waals surface area contributed by atoms with Gasteiger partial charge >= 0.3 is 0 Å². The molecule has 0 aliphatic carbocycles. The predicted molar refractivity (Wildman–Crippen MR) is 168 cm³/mol. The number of phenolic OH excluding ortho intramolecular Hbond substituents is 2. The molecule has 0 radical (unpaired) electrons. The first-order valence-electron chi connectivity index (χ1n) is 15.1. The minimum absolute atomic E-state index is 0.00273. The Balaban J connectivity index is 1.72. The SMILES string of the molecule is CCCCCOc1ccc(C(C(=O)C(c2ccccc2)c2ccc(OCCCCC)cc2O)c2ccccc2)c(O)c1. The fourth-order valence-corrected chi connectivity index (χ4v) is 5.25. The molecule has 2 N–H and O–H groups in total. The molecule has 2 unspecified atom stereocenters. The average Bonchev–Trinajstić information content (AvgIpc) is 3.01. The van der Waals surface area contributed by atoms with Crippen LogP contribution in [0, 0.1) is 0 Å². The molecule has 0 heterocycles. The van der Waals surface area contributed by atoms with Crippen molar-refractivity contribution in [2.75, 3.05) is 13.2 Å². The lowest BCUT2D eigenvalue weighted by molar-refractivity contribution is -0.120. The van der Waals surface area contributed by atoms with E-state index in [4.69, 9.17) is 9.47 Å². The molecule has 0 saturated heterocycles. The summed E-state index contributed by atoms with van der Waals surface area (Å²) in [5.41, 5.74) is 2.49. The van der Waals surface area contributed by atoms with Crippen LogP contribution in [0.5, 0.6) is 23.0 Å². The first-order chi connectivity index (χ1) is 20.5. The Labute approximate surface area is 249 Å². The predicted octanol–water partition coefficient (Wildman–Crippen LogP) is 8.77. The lowest BCUT2D eigenvalue weighted by Crippen LogP contribution is -2.23. The average molecular weight is 567 g/mol. The standard InChI is InChI=1S/C37H42O5/c1-3-5-13-23-41-29-19-21-31(33(38)25-29)35(27-15-9-7-10-16-27)37(40)36(28-17-11-8-12-18-28)32-22-20-30(26-34(32)39)42-24-14-6-4-2/h7-12,15-22,25-26,35-36,38-39H,3-6,13-14,23-24H2,1-2H3. The number of aromatic hydroxyl groups is 2. The minimum Gasteiger partial charge on any atom is -0.507 e. The summed E-state index contributed by atoms with van der Waals surface area (Å²) in [5, 5.41) is 22.4. The normalized spacial score (nSPS) is 12.4. The van der Waals surface area contributed by atoms with Gasteiger partial charge in [0, 0.05) is 23.3 Å². The zero-order valence-electron chi connectivity index (χ0n) is 24.7. The Morgan fingerprint density at radius 3 is 1.36 bits per heavy atom. The first kappa shape index (κ1) is 30.7. The molecule has 2 atom stereocenters. The summed E-state index contributed by atoms with van der Waals surface area (Å²) in [6.45, 7) is 5.42. The van der Waals surface area contributed by atoms with Crippen LogP contribution in [-0.4, -0.2) is 29.2 Å². The summed E-state index contributed by atoms with van der Waals surface area (Å²) in [6, 6.07) is 29.3. The monoisotopic (exact) mass is 566 g/mol. The Kier molecular flexibility index (Phi) is 11.5. The van der Waals surface area contributed by atoms with E-state index in [2.05, 4.69) is 13.8 Å². The van der Waals surface area contributed by atoms with E-state index in [-0.39, 0.29) is 17.3 Å². The second-order valence-electron chi connectivity index (χ2n) is 10.6. The zero-order chi connectivity index (χ0) is 29.7. The maximum Gasteiger partial charge on any atom is 0.156 e. The summed E-state index contributed by atoms with van der Waals surface area (Å²) in [5.74, 6) is -0.595. The number of rotatable bonds is 16. The number of hydrogen-bond acceptors (Lipinski definition) is 5. The van der Waals surface area contributed by atoms with Gasteiger partial charge in [-0.1, -0.05) is 112 Å². The van der Waals surface area contributed by atoms with Gasteiger partial charge in [-0.2, -0.15) is 0 Å². The van der Waals surface area contributed by atoms with Crippen molar-refractivity contribution in [3.63, 3.8) is 0 Å². The van der Waals surface area contributed by atoms with E-state index in [1.165, 1.54) is 0 Å². The number of carbonyl (C=O) groups is 1. The van der Waals surface area contributed by atoms with Crippen molar-refractivity contribution in [2.45, 2.75) is 64.2 Å². The van der Waals surface area contributed by atoms with Crippen molar-refractivity contribution in [1.82, 2.24) is 0 Å². The number of hydrogen-bond donors (Lipinski definition) is 2.